The molecule has 0 spiro atoms. The van der Waals surface area contributed by atoms with Gasteiger partial charge >= 0.3 is 0 Å². The smallest absolute Gasteiger partial charge is 0.299 e. The molecule has 8 heteroatoms. The topological polar surface area (TPSA) is 47.0 Å². The minimum Gasteiger partial charge on any atom is -0.426 e. The second-order valence-electron chi connectivity index (χ2n) is 3.54. The lowest BCUT2D eigenvalue weighted by molar-refractivity contribution is 0.411. The molecular weight excluding hydrogens is 340 g/mol. The molecule has 0 atom stereocenters. The number of rotatable bonds is 5. The molecule has 1 heterocycles. The predicted molar refractivity (Wildman–Crippen MR) is 71.4 cm³/mol. The summed E-state index contributed by atoms with van der Waals surface area (Å²) in [5.41, 5.74) is 0. The zero-order valence-electron chi connectivity index (χ0n) is 9.91. The Kier molecular flexibility index (Phi) is 4.78. The van der Waals surface area contributed by atoms with Crippen LogP contribution in [-0.2, 0) is 6.54 Å². The average Bonchev–Trinajstić information content (AvgIpc) is 2.80. The van der Waals surface area contributed by atoms with Gasteiger partial charge in [-0.05, 0) is 18.7 Å². The maximum Gasteiger partial charge on any atom is 0.299 e. The third kappa shape index (κ3) is 3.68. The van der Waals surface area contributed by atoms with Crippen LogP contribution in [0.4, 0.5) is 8.78 Å². The predicted octanol–water partition coefficient (Wildman–Crippen LogP) is 3.48. The Bertz CT molecular complexity index is 579. The first-order valence-corrected chi connectivity index (χ1v) is 7.06. The van der Waals surface area contributed by atoms with Crippen molar-refractivity contribution in [1.29, 1.82) is 0 Å². The van der Waals surface area contributed by atoms with Gasteiger partial charge in [0, 0.05) is 11.0 Å². The maximum absolute atomic E-state index is 13.5. The Morgan fingerprint density at radius 3 is 2.89 bits per heavy atom. The molecule has 0 unspecified atom stereocenters. The van der Waals surface area contributed by atoms with Gasteiger partial charge in [0.15, 0.2) is 11.6 Å². The Morgan fingerprint density at radius 1 is 1.37 bits per heavy atom. The van der Waals surface area contributed by atoms with E-state index in [1.54, 1.807) is 0 Å². The number of halogens is 3. The van der Waals surface area contributed by atoms with Crippen LogP contribution in [0, 0.1) is 11.6 Å². The van der Waals surface area contributed by atoms with Crippen LogP contribution in [-0.4, -0.2) is 16.7 Å². The van der Waals surface area contributed by atoms with Gasteiger partial charge in [-0.1, -0.05) is 39.3 Å². The van der Waals surface area contributed by atoms with E-state index in [-0.39, 0.29) is 10.9 Å². The van der Waals surface area contributed by atoms with Gasteiger partial charge in [-0.3, -0.25) is 0 Å². The van der Waals surface area contributed by atoms with E-state index >= 15 is 0 Å². The molecule has 0 saturated carbocycles. The van der Waals surface area contributed by atoms with Gasteiger partial charge in [0.2, 0.25) is 5.82 Å². The van der Waals surface area contributed by atoms with Crippen LogP contribution in [0.1, 0.15) is 11.9 Å². The number of nitrogens with one attached hydrogen (secondary N) is 1. The molecule has 2 aromatic rings. The normalized spacial score (nSPS) is 10.7. The van der Waals surface area contributed by atoms with E-state index in [1.807, 2.05) is 6.92 Å². The van der Waals surface area contributed by atoms with Crippen LogP contribution in [0.25, 0.3) is 0 Å². The fourth-order valence-electron chi connectivity index (χ4n) is 1.28. The molecule has 1 aromatic carbocycles. The van der Waals surface area contributed by atoms with Crippen molar-refractivity contribution in [2.24, 2.45) is 0 Å². The molecular formula is C11H10BrF2N3OS. The van der Waals surface area contributed by atoms with Gasteiger partial charge in [-0.2, -0.15) is 4.39 Å². The number of aromatic nitrogens is 2. The molecule has 1 aromatic heterocycles. The number of benzene rings is 1. The zero-order chi connectivity index (χ0) is 13.8. The third-order valence-corrected chi connectivity index (χ3v) is 3.39. The monoisotopic (exact) mass is 349 g/mol. The Morgan fingerprint density at radius 2 is 2.16 bits per heavy atom. The van der Waals surface area contributed by atoms with Crippen molar-refractivity contribution < 1.29 is 13.5 Å². The summed E-state index contributed by atoms with van der Waals surface area (Å²) in [5, 5.41) is 11.6. The van der Waals surface area contributed by atoms with Crippen molar-refractivity contribution in [3.63, 3.8) is 0 Å². The highest BCUT2D eigenvalue weighted by atomic mass is 79.9. The van der Waals surface area contributed by atoms with Crippen molar-refractivity contribution in [3.8, 4) is 10.9 Å². The Labute approximate surface area is 120 Å². The van der Waals surface area contributed by atoms with Crippen LogP contribution >= 0.6 is 27.3 Å². The molecule has 19 heavy (non-hydrogen) atoms. The summed E-state index contributed by atoms with van der Waals surface area (Å²) in [6.07, 6.45) is 0. The van der Waals surface area contributed by atoms with Crippen molar-refractivity contribution in [1.82, 2.24) is 15.5 Å². The highest BCUT2D eigenvalue weighted by molar-refractivity contribution is 9.10. The zero-order valence-corrected chi connectivity index (χ0v) is 12.3. The molecule has 0 fully saturated rings. The SMILES string of the molecule is CCNCc1nnc(Oc2cc(Br)cc(F)c2F)s1. The van der Waals surface area contributed by atoms with Crippen LogP contribution < -0.4 is 10.1 Å². The molecule has 0 amide bonds. The van der Waals surface area contributed by atoms with Crippen LogP contribution in [0.3, 0.4) is 0 Å². The van der Waals surface area contributed by atoms with Gasteiger partial charge in [-0.25, -0.2) is 4.39 Å². The van der Waals surface area contributed by atoms with E-state index < -0.39 is 11.6 Å². The summed E-state index contributed by atoms with van der Waals surface area (Å²) in [4.78, 5) is 0. The molecule has 0 aliphatic heterocycles. The van der Waals surface area contributed by atoms with Crippen molar-refractivity contribution in [3.05, 3.63) is 33.2 Å². The summed E-state index contributed by atoms with van der Waals surface area (Å²) >= 11 is 4.25. The molecule has 102 valence electrons. The quantitative estimate of drug-likeness (QED) is 0.839. The Hall–Kier alpha value is -1.12. The second kappa shape index (κ2) is 6.36. The summed E-state index contributed by atoms with van der Waals surface area (Å²) in [5.74, 6) is -2.26. The molecule has 4 nitrogen and oxygen atoms in total. The van der Waals surface area contributed by atoms with Crippen LogP contribution in [0.5, 0.6) is 10.9 Å². The first kappa shape index (κ1) is 14.3. The fourth-order valence-corrected chi connectivity index (χ4v) is 2.36. The number of hydrogen-bond acceptors (Lipinski definition) is 5. The molecule has 0 saturated heterocycles. The van der Waals surface area contributed by atoms with Gasteiger partial charge in [0.05, 0.1) is 0 Å². The minimum absolute atomic E-state index is 0.171. The third-order valence-electron chi connectivity index (χ3n) is 2.13. The van der Waals surface area contributed by atoms with E-state index in [2.05, 4.69) is 31.4 Å². The largest absolute Gasteiger partial charge is 0.426 e. The summed E-state index contributed by atoms with van der Waals surface area (Å²) in [6.45, 7) is 3.34. The first-order valence-electron chi connectivity index (χ1n) is 5.45. The lowest BCUT2D eigenvalue weighted by Gasteiger charge is -2.04. The van der Waals surface area contributed by atoms with Gasteiger partial charge in [-0.15, -0.1) is 5.10 Å². The molecule has 0 aliphatic rings. The standard InChI is InChI=1S/C11H10BrF2N3OS/c1-2-15-5-9-16-17-11(19-9)18-8-4-6(12)3-7(13)10(8)14/h3-4,15H,2,5H2,1H3. The molecule has 0 radical (unpaired) electrons. The van der Waals surface area contributed by atoms with Crippen LogP contribution in [0.2, 0.25) is 0 Å². The van der Waals surface area contributed by atoms with Gasteiger partial charge in [0.25, 0.3) is 5.19 Å². The highest BCUT2D eigenvalue weighted by Crippen LogP contribution is 2.31. The maximum atomic E-state index is 13.5. The molecule has 2 rings (SSSR count). The number of hydrogen-bond donors (Lipinski definition) is 1. The van der Waals surface area contributed by atoms with Crippen molar-refractivity contribution >= 4 is 27.3 Å². The van der Waals surface area contributed by atoms with E-state index in [0.29, 0.717) is 16.0 Å². The lowest BCUT2D eigenvalue weighted by Crippen LogP contribution is -2.11. The van der Waals surface area contributed by atoms with Crippen molar-refractivity contribution in [2.45, 2.75) is 13.5 Å². The number of nitrogens with zero attached hydrogens (tertiary/aromatic N) is 2. The van der Waals surface area contributed by atoms with Crippen LogP contribution in [0.15, 0.2) is 16.6 Å². The lowest BCUT2D eigenvalue weighted by atomic mass is 10.3. The average molecular weight is 350 g/mol. The number of ether oxygens (including phenoxy) is 1. The molecule has 0 aliphatic carbocycles. The van der Waals surface area contributed by atoms with Crippen molar-refractivity contribution in [2.75, 3.05) is 6.54 Å². The first-order chi connectivity index (χ1) is 9.10. The minimum atomic E-state index is -1.05. The van der Waals surface area contributed by atoms with Gasteiger partial charge < -0.3 is 10.1 Å². The van der Waals surface area contributed by atoms with E-state index in [9.17, 15) is 8.78 Å². The van der Waals surface area contributed by atoms with Gasteiger partial charge in [0.1, 0.15) is 5.01 Å². The molecule has 0 bridgehead atoms. The fraction of sp³-hybridized carbons (Fsp3) is 0.273. The second-order valence-corrected chi connectivity index (χ2v) is 5.48. The summed E-state index contributed by atoms with van der Waals surface area (Å²) in [6, 6.07) is 2.36. The Balaban J connectivity index is 2.15. The van der Waals surface area contributed by atoms with E-state index in [4.69, 9.17) is 4.74 Å². The summed E-state index contributed by atoms with van der Waals surface area (Å²) in [7, 11) is 0. The molecule has 1 N–H and O–H groups in total. The summed E-state index contributed by atoms with van der Waals surface area (Å²) < 4.78 is 32.3. The highest BCUT2D eigenvalue weighted by Gasteiger charge is 2.14. The van der Waals surface area contributed by atoms with E-state index in [1.165, 1.54) is 17.4 Å². The van der Waals surface area contributed by atoms with E-state index in [0.717, 1.165) is 12.6 Å².